The number of pyridine rings is 1. The lowest BCUT2D eigenvalue weighted by molar-refractivity contribution is -0.128. The minimum absolute atomic E-state index is 0.0851. The van der Waals surface area contributed by atoms with Crippen molar-refractivity contribution < 1.29 is 13.2 Å². The van der Waals surface area contributed by atoms with Crippen LogP contribution in [0.15, 0.2) is 77.7 Å². The number of hydrogen-bond acceptors (Lipinski definition) is 6. The van der Waals surface area contributed by atoms with E-state index in [2.05, 4.69) is 32.3 Å². The number of nitrogens with one attached hydrogen (secondary N) is 1. The monoisotopic (exact) mass is 524 g/mol. The molecular weight excluding hydrogens is 492 g/mol. The zero-order valence-electron chi connectivity index (χ0n) is 21.1. The summed E-state index contributed by atoms with van der Waals surface area (Å²) in [5.41, 5.74) is 1.98. The van der Waals surface area contributed by atoms with Crippen molar-refractivity contribution in [2.75, 3.05) is 23.9 Å². The molecule has 0 fully saturated rings. The standard InChI is InChI=1S/C27H32N4O3S2/c1-6-30(18-25(28)35-7-2)26(32)19-31(22-12-15-24-20(17-22)9-8-16-29-24)36(33,34)23-13-10-21(11-14-23)27(3,4)5/h7-17,28H,2,6,18-19H2,1,3-5H3. The molecule has 0 aliphatic heterocycles. The van der Waals surface area contributed by atoms with Gasteiger partial charge in [0.1, 0.15) is 6.54 Å². The van der Waals surface area contributed by atoms with Crippen LogP contribution in [-0.4, -0.2) is 48.9 Å². The number of fused-ring (bicyclic) bond motifs is 1. The Morgan fingerprint density at radius 3 is 2.42 bits per heavy atom. The number of amides is 1. The highest BCUT2D eigenvalue weighted by atomic mass is 32.2. The van der Waals surface area contributed by atoms with Crippen LogP contribution < -0.4 is 4.31 Å². The maximum atomic E-state index is 13.9. The zero-order chi connectivity index (χ0) is 26.5. The topological polar surface area (TPSA) is 94.4 Å². The molecule has 0 aliphatic carbocycles. The lowest BCUT2D eigenvalue weighted by atomic mass is 9.87. The van der Waals surface area contributed by atoms with Gasteiger partial charge in [-0.1, -0.05) is 57.3 Å². The maximum absolute atomic E-state index is 13.9. The maximum Gasteiger partial charge on any atom is 0.264 e. The Hall–Kier alpha value is -3.17. The molecule has 0 spiro atoms. The van der Waals surface area contributed by atoms with E-state index >= 15 is 0 Å². The first-order valence-electron chi connectivity index (χ1n) is 11.6. The quantitative estimate of drug-likeness (QED) is 0.298. The van der Waals surface area contributed by atoms with Crippen molar-refractivity contribution in [3.63, 3.8) is 0 Å². The second kappa shape index (κ2) is 11.3. The van der Waals surface area contributed by atoms with Crippen molar-refractivity contribution in [1.82, 2.24) is 9.88 Å². The van der Waals surface area contributed by atoms with E-state index in [4.69, 9.17) is 5.41 Å². The van der Waals surface area contributed by atoms with Gasteiger partial charge in [-0.05, 0) is 59.7 Å². The van der Waals surface area contributed by atoms with Crippen molar-refractivity contribution in [1.29, 1.82) is 5.41 Å². The number of nitrogens with zero attached hydrogens (tertiary/aromatic N) is 3. The van der Waals surface area contributed by atoms with E-state index in [-0.39, 0.29) is 21.9 Å². The Bertz CT molecular complexity index is 1360. The number of carbonyl (C=O) groups is 1. The van der Waals surface area contributed by atoms with Gasteiger partial charge in [-0.2, -0.15) is 0 Å². The van der Waals surface area contributed by atoms with Gasteiger partial charge in [0.05, 0.1) is 27.7 Å². The van der Waals surface area contributed by atoms with E-state index in [9.17, 15) is 13.2 Å². The lowest BCUT2D eigenvalue weighted by Crippen LogP contribution is -2.44. The van der Waals surface area contributed by atoms with Gasteiger partial charge >= 0.3 is 0 Å². The first-order chi connectivity index (χ1) is 17.0. The van der Waals surface area contributed by atoms with Crippen LogP contribution in [0, 0.1) is 5.41 Å². The highest BCUT2D eigenvalue weighted by Gasteiger charge is 2.29. The van der Waals surface area contributed by atoms with E-state index in [1.54, 1.807) is 49.5 Å². The Morgan fingerprint density at radius 1 is 1.11 bits per heavy atom. The highest BCUT2D eigenvalue weighted by molar-refractivity contribution is 8.16. The van der Waals surface area contributed by atoms with E-state index < -0.39 is 22.5 Å². The molecule has 0 unspecified atom stereocenters. The second-order valence-corrected chi connectivity index (χ2v) is 12.2. The number of hydrogen-bond donors (Lipinski definition) is 1. The largest absolute Gasteiger partial charge is 0.335 e. The predicted molar refractivity (Wildman–Crippen MR) is 149 cm³/mol. The number of thioether (sulfide) groups is 1. The molecule has 0 aliphatic rings. The van der Waals surface area contributed by atoms with Crippen LogP contribution >= 0.6 is 11.8 Å². The molecule has 0 saturated carbocycles. The molecule has 1 heterocycles. The Labute approximate surface area is 217 Å². The number of rotatable bonds is 9. The van der Waals surface area contributed by atoms with Crippen LogP contribution in [0.1, 0.15) is 33.3 Å². The van der Waals surface area contributed by atoms with E-state index in [1.165, 1.54) is 10.3 Å². The van der Waals surface area contributed by atoms with Gasteiger partial charge in [-0.25, -0.2) is 8.42 Å². The van der Waals surface area contributed by atoms with Gasteiger partial charge < -0.3 is 4.90 Å². The first kappa shape index (κ1) is 27.4. The molecule has 0 saturated heterocycles. The fourth-order valence-corrected chi connectivity index (χ4v) is 5.54. The summed E-state index contributed by atoms with van der Waals surface area (Å²) < 4.78 is 28.9. The third kappa shape index (κ3) is 6.33. The summed E-state index contributed by atoms with van der Waals surface area (Å²) >= 11 is 1.13. The number of aromatic nitrogens is 1. The Balaban J connectivity index is 2.04. The normalized spacial score (nSPS) is 11.8. The van der Waals surface area contributed by atoms with Gasteiger partial charge in [0.2, 0.25) is 5.91 Å². The van der Waals surface area contributed by atoms with E-state index in [0.29, 0.717) is 12.2 Å². The summed E-state index contributed by atoms with van der Waals surface area (Å²) in [5, 5.41) is 10.6. The molecule has 190 valence electrons. The van der Waals surface area contributed by atoms with Gasteiger partial charge in [0.25, 0.3) is 10.0 Å². The van der Waals surface area contributed by atoms with Gasteiger partial charge in [0, 0.05) is 18.1 Å². The molecule has 1 aromatic heterocycles. The van der Waals surface area contributed by atoms with Crippen LogP contribution in [0.5, 0.6) is 0 Å². The van der Waals surface area contributed by atoms with Crippen molar-refractivity contribution in [2.24, 2.45) is 0 Å². The van der Waals surface area contributed by atoms with Crippen molar-refractivity contribution in [3.05, 3.63) is 78.3 Å². The summed E-state index contributed by atoms with van der Waals surface area (Å²) in [6.45, 7) is 11.6. The summed E-state index contributed by atoms with van der Waals surface area (Å²) in [4.78, 5) is 19.2. The number of benzene rings is 2. The summed E-state index contributed by atoms with van der Waals surface area (Å²) in [6, 6.07) is 15.6. The minimum Gasteiger partial charge on any atom is -0.335 e. The summed E-state index contributed by atoms with van der Waals surface area (Å²) in [6.07, 6.45) is 1.67. The van der Waals surface area contributed by atoms with Crippen molar-refractivity contribution >= 4 is 49.3 Å². The van der Waals surface area contributed by atoms with E-state index in [1.807, 2.05) is 18.2 Å². The average molecular weight is 525 g/mol. The fraction of sp³-hybridized carbons (Fsp3) is 0.296. The first-order valence-corrected chi connectivity index (χ1v) is 13.9. The predicted octanol–water partition coefficient (Wildman–Crippen LogP) is 5.43. The number of anilines is 1. The third-order valence-electron chi connectivity index (χ3n) is 5.76. The SMILES string of the molecule is C=CSC(=N)CN(CC)C(=O)CN(c1ccc2ncccc2c1)S(=O)(=O)c1ccc(C(C)(C)C)cc1. The molecule has 0 bridgehead atoms. The molecule has 1 N–H and O–H groups in total. The van der Waals surface area contributed by atoms with E-state index in [0.717, 1.165) is 32.5 Å². The molecule has 7 nitrogen and oxygen atoms in total. The Kier molecular flexibility index (Phi) is 8.58. The lowest BCUT2D eigenvalue weighted by Gasteiger charge is -2.28. The van der Waals surface area contributed by atoms with Crippen LogP contribution in [-0.2, 0) is 20.2 Å². The molecular formula is C27H32N4O3S2. The van der Waals surface area contributed by atoms with Gasteiger partial charge in [-0.15, -0.1) is 0 Å². The molecule has 2 aromatic carbocycles. The number of likely N-dealkylation sites (N-methyl/N-ethyl adjacent to an activating group) is 1. The molecule has 0 atom stereocenters. The number of carbonyl (C=O) groups excluding carboxylic acids is 1. The van der Waals surface area contributed by atoms with Gasteiger partial charge in [0.15, 0.2) is 0 Å². The smallest absolute Gasteiger partial charge is 0.264 e. The average Bonchev–Trinajstić information content (AvgIpc) is 2.85. The molecule has 1 amide bonds. The minimum atomic E-state index is -4.07. The Morgan fingerprint density at radius 2 is 1.81 bits per heavy atom. The summed E-state index contributed by atoms with van der Waals surface area (Å²) in [5.74, 6) is -0.395. The van der Waals surface area contributed by atoms with Gasteiger partial charge in [-0.3, -0.25) is 19.5 Å². The molecule has 3 aromatic rings. The molecule has 36 heavy (non-hydrogen) atoms. The summed E-state index contributed by atoms with van der Waals surface area (Å²) in [7, 11) is -4.07. The van der Waals surface area contributed by atoms with Crippen LogP contribution in [0.2, 0.25) is 0 Å². The highest BCUT2D eigenvalue weighted by Crippen LogP contribution is 2.29. The van der Waals surface area contributed by atoms with Crippen molar-refractivity contribution in [2.45, 2.75) is 38.0 Å². The van der Waals surface area contributed by atoms with Crippen LogP contribution in [0.25, 0.3) is 10.9 Å². The second-order valence-electron chi connectivity index (χ2n) is 9.28. The number of sulfonamides is 1. The molecule has 0 radical (unpaired) electrons. The molecule has 9 heteroatoms. The fourth-order valence-electron chi connectivity index (χ4n) is 3.70. The third-order valence-corrected chi connectivity index (χ3v) is 8.12. The zero-order valence-corrected chi connectivity index (χ0v) is 22.7. The van der Waals surface area contributed by atoms with Crippen LogP contribution in [0.4, 0.5) is 5.69 Å². The molecule has 3 rings (SSSR count). The van der Waals surface area contributed by atoms with Crippen molar-refractivity contribution in [3.8, 4) is 0 Å². The van der Waals surface area contributed by atoms with Crippen LogP contribution in [0.3, 0.4) is 0 Å².